The van der Waals surface area contributed by atoms with Gasteiger partial charge in [-0.05, 0) is 28.6 Å². The second kappa shape index (κ2) is 5.98. The van der Waals surface area contributed by atoms with Gasteiger partial charge in [0, 0.05) is 6.04 Å². The minimum atomic E-state index is -4.44. The normalized spacial score (nSPS) is 12.1. The van der Waals surface area contributed by atoms with E-state index < -0.39 is 11.7 Å². The van der Waals surface area contributed by atoms with E-state index in [0.717, 1.165) is 12.1 Å². The van der Waals surface area contributed by atoms with Gasteiger partial charge in [0.05, 0.1) is 22.8 Å². The summed E-state index contributed by atoms with van der Waals surface area (Å²) in [5.74, 6) is 0.463. The van der Waals surface area contributed by atoms with E-state index in [-0.39, 0.29) is 11.1 Å². The zero-order chi connectivity index (χ0) is 15.6. The summed E-state index contributed by atoms with van der Waals surface area (Å²) in [6.07, 6.45) is -4.44. The maximum atomic E-state index is 12.6. The van der Waals surface area contributed by atoms with Crippen molar-refractivity contribution < 1.29 is 13.2 Å². The largest absolute Gasteiger partial charge is 0.416 e. The van der Waals surface area contributed by atoms with Gasteiger partial charge in [-0.25, -0.2) is 0 Å². The van der Waals surface area contributed by atoms with Gasteiger partial charge in [-0.15, -0.1) is 5.10 Å². The van der Waals surface area contributed by atoms with Crippen LogP contribution in [0.3, 0.4) is 0 Å². The number of alkyl halides is 3. The van der Waals surface area contributed by atoms with Crippen LogP contribution in [-0.2, 0) is 12.7 Å². The van der Waals surface area contributed by atoms with Crippen molar-refractivity contribution >= 4 is 11.6 Å². The first kappa shape index (κ1) is 15.7. The summed E-state index contributed by atoms with van der Waals surface area (Å²) in [4.78, 5) is 0. The number of aromatic nitrogens is 4. The molecule has 21 heavy (non-hydrogen) atoms. The second-order valence-corrected chi connectivity index (χ2v) is 5.11. The van der Waals surface area contributed by atoms with E-state index in [1.165, 1.54) is 10.7 Å². The molecule has 0 saturated carbocycles. The summed E-state index contributed by atoms with van der Waals surface area (Å²) in [7, 11) is 0. The highest BCUT2D eigenvalue weighted by Crippen LogP contribution is 2.33. The third kappa shape index (κ3) is 3.70. The molecule has 0 aliphatic heterocycles. The van der Waals surface area contributed by atoms with Crippen molar-refractivity contribution in [1.82, 2.24) is 25.5 Å². The number of tetrazole rings is 1. The zero-order valence-electron chi connectivity index (χ0n) is 11.3. The number of hydrogen-bond acceptors (Lipinski definition) is 4. The molecule has 0 amide bonds. The molecule has 0 atom stereocenters. The van der Waals surface area contributed by atoms with Crippen molar-refractivity contribution in [2.24, 2.45) is 0 Å². The van der Waals surface area contributed by atoms with Crippen LogP contribution in [0.1, 0.15) is 25.2 Å². The molecule has 0 aliphatic carbocycles. The maximum Gasteiger partial charge on any atom is 0.416 e. The standard InChI is InChI=1S/C12H13ClF3N5/c1-7(2)17-6-11-18-19-20-21(11)10-4-3-8(5-9(10)13)12(14,15)16/h3-5,7,17H,6H2,1-2H3. The van der Waals surface area contributed by atoms with Crippen LogP contribution in [0.15, 0.2) is 18.2 Å². The van der Waals surface area contributed by atoms with Gasteiger partial charge in [-0.3, -0.25) is 0 Å². The molecule has 114 valence electrons. The number of hydrogen-bond donors (Lipinski definition) is 1. The smallest absolute Gasteiger partial charge is 0.308 e. The molecule has 1 aromatic heterocycles. The first-order chi connectivity index (χ1) is 9.79. The van der Waals surface area contributed by atoms with E-state index in [2.05, 4.69) is 20.8 Å². The molecule has 0 aliphatic rings. The Morgan fingerprint density at radius 1 is 1.33 bits per heavy atom. The number of halogens is 4. The molecular formula is C12H13ClF3N5. The monoisotopic (exact) mass is 319 g/mol. The molecule has 2 aromatic rings. The molecule has 1 heterocycles. The van der Waals surface area contributed by atoms with Crippen molar-refractivity contribution in [3.8, 4) is 5.69 Å². The summed E-state index contributed by atoms with van der Waals surface area (Å²) >= 11 is 5.92. The Morgan fingerprint density at radius 3 is 2.62 bits per heavy atom. The van der Waals surface area contributed by atoms with Crippen LogP contribution in [0, 0.1) is 0 Å². The van der Waals surface area contributed by atoms with Crippen LogP contribution in [0.2, 0.25) is 5.02 Å². The molecule has 0 saturated heterocycles. The summed E-state index contributed by atoms with van der Waals surface area (Å²) < 4.78 is 39.2. The van der Waals surface area contributed by atoms with E-state index in [1.807, 2.05) is 13.8 Å². The second-order valence-electron chi connectivity index (χ2n) is 4.71. The fourth-order valence-corrected chi connectivity index (χ4v) is 1.91. The van der Waals surface area contributed by atoms with Gasteiger partial charge in [0.25, 0.3) is 0 Å². The first-order valence-electron chi connectivity index (χ1n) is 6.17. The van der Waals surface area contributed by atoms with Crippen LogP contribution >= 0.6 is 11.6 Å². The Labute approximate surface area is 124 Å². The van der Waals surface area contributed by atoms with Gasteiger partial charge in [-0.2, -0.15) is 17.9 Å². The summed E-state index contributed by atoms with van der Waals surface area (Å²) in [6, 6.07) is 3.28. The van der Waals surface area contributed by atoms with Crippen LogP contribution in [-0.4, -0.2) is 26.2 Å². The predicted molar refractivity (Wildman–Crippen MR) is 71.1 cm³/mol. The summed E-state index contributed by atoms with van der Waals surface area (Å²) in [5, 5.41) is 14.2. The Balaban J connectivity index is 2.33. The molecule has 0 fully saturated rings. The topological polar surface area (TPSA) is 55.6 Å². The van der Waals surface area contributed by atoms with E-state index in [4.69, 9.17) is 11.6 Å². The SMILES string of the molecule is CC(C)NCc1nnnn1-c1ccc(C(F)(F)F)cc1Cl. The van der Waals surface area contributed by atoms with Crippen LogP contribution < -0.4 is 5.32 Å². The fraction of sp³-hybridized carbons (Fsp3) is 0.417. The molecule has 0 radical (unpaired) electrons. The van der Waals surface area contributed by atoms with Crippen molar-refractivity contribution in [1.29, 1.82) is 0 Å². The van der Waals surface area contributed by atoms with Crippen LogP contribution in [0.4, 0.5) is 13.2 Å². The zero-order valence-corrected chi connectivity index (χ0v) is 12.1. The lowest BCUT2D eigenvalue weighted by atomic mass is 10.2. The maximum absolute atomic E-state index is 12.6. The third-order valence-corrected chi connectivity index (χ3v) is 3.01. The molecule has 2 rings (SSSR count). The molecule has 1 N–H and O–H groups in total. The third-order valence-electron chi connectivity index (χ3n) is 2.71. The Bertz CT molecular complexity index is 624. The minimum Gasteiger partial charge on any atom is -0.308 e. The van der Waals surface area contributed by atoms with E-state index in [1.54, 1.807) is 0 Å². The first-order valence-corrected chi connectivity index (χ1v) is 6.54. The Morgan fingerprint density at radius 2 is 2.05 bits per heavy atom. The van der Waals surface area contributed by atoms with Gasteiger partial charge in [0.2, 0.25) is 0 Å². The highest BCUT2D eigenvalue weighted by Gasteiger charge is 2.31. The van der Waals surface area contributed by atoms with Crippen molar-refractivity contribution in [3.63, 3.8) is 0 Å². The fourth-order valence-electron chi connectivity index (χ4n) is 1.65. The number of nitrogens with zero attached hydrogens (tertiary/aromatic N) is 4. The molecule has 0 bridgehead atoms. The van der Waals surface area contributed by atoms with Gasteiger partial charge < -0.3 is 5.32 Å². The molecule has 0 spiro atoms. The van der Waals surface area contributed by atoms with E-state index in [9.17, 15) is 13.2 Å². The molecular weight excluding hydrogens is 307 g/mol. The van der Waals surface area contributed by atoms with Crippen molar-refractivity contribution in [2.75, 3.05) is 0 Å². The molecule has 1 aromatic carbocycles. The Kier molecular flexibility index (Phi) is 4.48. The van der Waals surface area contributed by atoms with Gasteiger partial charge in [0.1, 0.15) is 0 Å². The van der Waals surface area contributed by atoms with Crippen molar-refractivity contribution in [2.45, 2.75) is 32.6 Å². The lowest BCUT2D eigenvalue weighted by molar-refractivity contribution is -0.137. The van der Waals surface area contributed by atoms with Crippen LogP contribution in [0.5, 0.6) is 0 Å². The van der Waals surface area contributed by atoms with Gasteiger partial charge in [0.15, 0.2) is 5.82 Å². The van der Waals surface area contributed by atoms with E-state index in [0.29, 0.717) is 18.1 Å². The predicted octanol–water partition coefficient (Wildman–Crippen LogP) is 2.83. The molecule has 0 unspecified atom stereocenters. The van der Waals surface area contributed by atoms with Gasteiger partial charge in [-0.1, -0.05) is 25.4 Å². The number of benzene rings is 1. The molecule has 5 nitrogen and oxygen atoms in total. The van der Waals surface area contributed by atoms with Crippen LogP contribution in [0.25, 0.3) is 5.69 Å². The lowest BCUT2D eigenvalue weighted by Crippen LogP contribution is -2.24. The van der Waals surface area contributed by atoms with Crippen molar-refractivity contribution in [3.05, 3.63) is 34.6 Å². The van der Waals surface area contributed by atoms with E-state index >= 15 is 0 Å². The summed E-state index contributed by atoms with van der Waals surface area (Å²) in [6.45, 7) is 4.29. The number of nitrogens with one attached hydrogen (secondary N) is 1. The Hall–Kier alpha value is -1.67. The number of rotatable bonds is 4. The minimum absolute atomic E-state index is 0.0667. The molecule has 9 heteroatoms. The van der Waals surface area contributed by atoms with Gasteiger partial charge >= 0.3 is 6.18 Å². The highest BCUT2D eigenvalue weighted by molar-refractivity contribution is 6.32. The average molecular weight is 320 g/mol. The lowest BCUT2D eigenvalue weighted by Gasteiger charge is -2.11. The quantitative estimate of drug-likeness (QED) is 0.941. The highest BCUT2D eigenvalue weighted by atomic mass is 35.5. The average Bonchev–Trinajstić information content (AvgIpc) is 2.83. The summed E-state index contributed by atoms with van der Waals surface area (Å²) in [5.41, 5.74) is -0.513.